The number of thiophene rings is 1. The summed E-state index contributed by atoms with van der Waals surface area (Å²) in [6.45, 7) is 7.30. The molecule has 3 rings (SSSR count). The van der Waals surface area contributed by atoms with Gasteiger partial charge in [-0.15, -0.1) is 11.3 Å². The second-order valence-electron chi connectivity index (χ2n) is 7.79. The average molecular weight is 407 g/mol. The molecule has 4 nitrogen and oxygen atoms in total. The first-order valence-corrected chi connectivity index (χ1v) is 10.5. The van der Waals surface area contributed by atoms with Crippen LogP contribution in [0.2, 0.25) is 0 Å². The van der Waals surface area contributed by atoms with Gasteiger partial charge in [0.25, 0.3) is 11.8 Å². The van der Waals surface area contributed by atoms with E-state index in [2.05, 4.69) is 49.6 Å². The van der Waals surface area contributed by atoms with Crippen LogP contribution < -0.4 is 10.6 Å². The summed E-state index contributed by atoms with van der Waals surface area (Å²) in [5, 5.41) is 7.80. The van der Waals surface area contributed by atoms with Crippen LogP contribution in [0.25, 0.3) is 0 Å². The third-order valence-corrected chi connectivity index (χ3v) is 5.77. The molecular formula is C24H26N2O2S. The topological polar surface area (TPSA) is 58.2 Å². The van der Waals surface area contributed by atoms with Crippen LogP contribution in [0.5, 0.6) is 0 Å². The molecule has 0 saturated heterocycles. The van der Waals surface area contributed by atoms with Crippen LogP contribution in [-0.4, -0.2) is 18.4 Å². The molecule has 0 spiro atoms. The minimum Gasteiger partial charge on any atom is -0.351 e. The van der Waals surface area contributed by atoms with E-state index < -0.39 is 0 Å². The number of benzene rings is 2. The van der Waals surface area contributed by atoms with Gasteiger partial charge in [0.2, 0.25) is 0 Å². The van der Waals surface area contributed by atoms with Crippen molar-refractivity contribution >= 4 is 23.2 Å². The first-order chi connectivity index (χ1) is 13.8. The summed E-state index contributed by atoms with van der Waals surface area (Å²) >= 11 is 1.41. The standard InChI is InChI=1S/C24H26N2O2S/c1-17-6-4-7-20(14-17)24(2,3)16-26-22(27)19-11-9-18(10-12-19)15-25-23(28)21-8-5-13-29-21/h4-14H,15-16H2,1-3H3,(H,25,28)(H,26,27). The molecule has 1 aromatic heterocycles. The Morgan fingerprint density at radius 2 is 1.69 bits per heavy atom. The molecule has 2 amide bonds. The monoisotopic (exact) mass is 406 g/mol. The fourth-order valence-electron chi connectivity index (χ4n) is 3.02. The van der Waals surface area contributed by atoms with Crippen molar-refractivity contribution in [1.29, 1.82) is 0 Å². The highest BCUT2D eigenvalue weighted by Crippen LogP contribution is 2.23. The summed E-state index contributed by atoms with van der Waals surface area (Å²) < 4.78 is 0. The number of rotatable bonds is 7. The Kier molecular flexibility index (Phi) is 6.49. The van der Waals surface area contributed by atoms with Crippen molar-refractivity contribution in [2.45, 2.75) is 32.7 Å². The van der Waals surface area contributed by atoms with Gasteiger partial charge in [-0.25, -0.2) is 0 Å². The lowest BCUT2D eigenvalue weighted by Crippen LogP contribution is -2.36. The summed E-state index contributed by atoms with van der Waals surface area (Å²) in [6.07, 6.45) is 0. The molecule has 5 heteroatoms. The number of carbonyl (C=O) groups excluding carboxylic acids is 2. The minimum atomic E-state index is -0.159. The van der Waals surface area contributed by atoms with Gasteiger partial charge in [-0.1, -0.05) is 61.9 Å². The Morgan fingerprint density at radius 3 is 2.34 bits per heavy atom. The zero-order chi connectivity index (χ0) is 20.9. The van der Waals surface area contributed by atoms with Gasteiger partial charge in [-0.2, -0.15) is 0 Å². The van der Waals surface area contributed by atoms with Crippen LogP contribution in [0, 0.1) is 6.92 Å². The Labute approximate surface area is 176 Å². The molecule has 3 aromatic rings. The molecule has 0 aliphatic heterocycles. The van der Waals surface area contributed by atoms with Gasteiger partial charge >= 0.3 is 0 Å². The lowest BCUT2D eigenvalue weighted by atomic mass is 9.84. The zero-order valence-corrected chi connectivity index (χ0v) is 17.8. The maximum atomic E-state index is 12.5. The molecule has 0 unspecified atom stereocenters. The van der Waals surface area contributed by atoms with Gasteiger partial charge in [0, 0.05) is 24.1 Å². The summed E-state index contributed by atoms with van der Waals surface area (Å²) in [5.41, 5.74) is 3.82. The number of amides is 2. The van der Waals surface area contributed by atoms with Gasteiger partial charge in [0.05, 0.1) is 4.88 Å². The molecule has 0 bridgehead atoms. The van der Waals surface area contributed by atoms with Crippen molar-refractivity contribution in [2.24, 2.45) is 0 Å². The van der Waals surface area contributed by atoms with E-state index in [1.54, 1.807) is 18.2 Å². The van der Waals surface area contributed by atoms with E-state index in [0.717, 1.165) is 5.56 Å². The first kappa shape index (κ1) is 20.8. The van der Waals surface area contributed by atoms with E-state index in [9.17, 15) is 9.59 Å². The fraction of sp³-hybridized carbons (Fsp3) is 0.250. The van der Waals surface area contributed by atoms with Gasteiger partial charge in [0.15, 0.2) is 0 Å². The van der Waals surface area contributed by atoms with Gasteiger partial charge in [-0.05, 0) is 41.6 Å². The van der Waals surface area contributed by atoms with E-state index in [-0.39, 0.29) is 17.2 Å². The Balaban J connectivity index is 1.54. The van der Waals surface area contributed by atoms with E-state index in [1.165, 1.54) is 22.5 Å². The number of hydrogen-bond donors (Lipinski definition) is 2. The van der Waals surface area contributed by atoms with Crippen molar-refractivity contribution in [1.82, 2.24) is 10.6 Å². The van der Waals surface area contributed by atoms with Gasteiger partial charge < -0.3 is 10.6 Å². The van der Waals surface area contributed by atoms with Crippen molar-refractivity contribution in [2.75, 3.05) is 6.54 Å². The summed E-state index contributed by atoms with van der Waals surface area (Å²) in [6, 6.07) is 19.4. The van der Waals surface area contributed by atoms with Crippen LogP contribution in [0.4, 0.5) is 0 Å². The molecule has 150 valence electrons. The second-order valence-corrected chi connectivity index (χ2v) is 8.74. The van der Waals surface area contributed by atoms with Gasteiger partial charge in [-0.3, -0.25) is 9.59 Å². The van der Waals surface area contributed by atoms with Crippen LogP contribution in [-0.2, 0) is 12.0 Å². The van der Waals surface area contributed by atoms with Crippen LogP contribution >= 0.6 is 11.3 Å². The summed E-state index contributed by atoms with van der Waals surface area (Å²) in [5.74, 6) is -0.180. The predicted molar refractivity (Wildman–Crippen MR) is 118 cm³/mol. The maximum absolute atomic E-state index is 12.5. The number of carbonyl (C=O) groups is 2. The van der Waals surface area contributed by atoms with Crippen molar-refractivity contribution in [3.63, 3.8) is 0 Å². The predicted octanol–water partition coefficient (Wildman–Crippen LogP) is 4.69. The molecular weight excluding hydrogens is 380 g/mol. The molecule has 0 aliphatic rings. The van der Waals surface area contributed by atoms with Gasteiger partial charge in [0.1, 0.15) is 0 Å². The number of hydrogen-bond acceptors (Lipinski definition) is 3. The smallest absolute Gasteiger partial charge is 0.261 e. The highest BCUT2D eigenvalue weighted by atomic mass is 32.1. The Bertz CT molecular complexity index is 976. The molecule has 0 radical (unpaired) electrons. The van der Waals surface area contributed by atoms with Crippen LogP contribution in [0.3, 0.4) is 0 Å². The third-order valence-electron chi connectivity index (χ3n) is 4.90. The third kappa shape index (κ3) is 5.55. The highest BCUT2D eigenvalue weighted by Gasteiger charge is 2.21. The largest absolute Gasteiger partial charge is 0.351 e. The first-order valence-electron chi connectivity index (χ1n) is 9.61. The SMILES string of the molecule is Cc1cccc(C(C)(C)CNC(=O)c2ccc(CNC(=O)c3cccs3)cc2)c1. The summed E-state index contributed by atoms with van der Waals surface area (Å²) in [4.78, 5) is 25.2. The second kappa shape index (κ2) is 9.05. The van der Waals surface area contributed by atoms with Crippen LogP contribution in [0.1, 0.15) is 50.6 Å². The molecule has 2 aromatic carbocycles. The zero-order valence-electron chi connectivity index (χ0n) is 17.0. The number of aryl methyl sites for hydroxylation is 1. The van der Waals surface area contributed by atoms with Crippen molar-refractivity contribution < 1.29 is 9.59 Å². The van der Waals surface area contributed by atoms with Crippen molar-refractivity contribution in [3.05, 3.63) is 93.2 Å². The van der Waals surface area contributed by atoms with Crippen LogP contribution in [0.15, 0.2) is 66.0 Å². The minimum absolute atomic E-state index is 0.0831. The molecule has 1 heterocycles. The molecule has 0 aliphatic carbocycles. The highest BCUT2D eigenvalue weighted by molar-refractivity contribution is 7.12. The molecule has 0 saturated carbocycles. The molecule has 0 fully saturated rings. The van der Waals surface area contributed by atoms with E-state index in [1.807, 2.05) is 29.6 Å². The maximum Gasteiger partial charge on any atom is 0.261 e. The van der Waals surface area contributed by atoms with E-state index >= 15 is 0 Å². The Hall–Kier alpha value is -2.92. The van der Waals surface area contributed by atoms with Crippen molar-refractivity contribution in [3.8, 4) is 0 Å². The molecule has 2 N–H and O–H groups in total. The lowest BCUT2D eigenvalue weighted by Gasteiger charge is -2.26. The fourth-order valence-corrected chi connectivity index (χ4v) is 3.66. The Morgan fingerprint density at radius 1 is 0.931 bits per heavy atom. The molecule has 0 atom stereocenters. The molecule has 29 heavy (non-hydrogen) atoms. The van der Waals surface area contributed by atoms with E-state index in [0.29, 0.717) is 23.5 Å². The quantitative estimate of drug-likeness (QED) is 0.598. The summed E-state index contributed by atoms with van der Waals surface area (Å²) in [7, 11) is 0. The number of nitrogens with one attached hydrogen (secondary N) is 2. The van der Waals surface area contributed by atoms with E-state index in [4.69, 9.17) is 0 Å². The normalized spacial score (nSPS) is 11.1. The average Bonchev–Trinajstić information content (AvgIpc) is 3.26. The lowest BCUT2D eigenvalue weighted by molar-refractivity contribution is 0.0940.